The first-order valence-corrected chi connectivity index (χ1v) is 5.97. The first-order valence-electron chi connectivity index (χ1n) is 5.97. The van der Waals surface area contributed by atoms with Gasteiger partial charge in [0.25, 0.3) is 5.91 Å². The summed E-state index contributed by atoms with van der Waals surface area (Å²) < 4.78 is 0. The molecule has 3 N–H and O–H groups in total. The molecule has 0 spiro atoms. The van der Waals surface area contributed by atoms with Crippen LogP contribution in [-0.4, -0.2) is 11.9 Å². The Hall–Kier alpha value is -1.39. The van der Waals surface area contributed by atoms with Gasteiger partial charge in [0.1, 0.15) is 0 Å². The van der Waals surface area contributed by atoms with E-state index in [1.807, 2.05) is 30.3 Å². The number of rotatable bonds is 6. The van der Waals surface area contributed by atoms with Crippen LogP contribution in [0.2, 0.25) is 0 Å². The minimum absolute atomic E-state index is 0.229. The second-order valence-corrected chi connectivity index (χ2v) is 4.53. The largest absolute Gasteiger partial charge is 0.320 e. The first kappa shape index (κ1) is 12.1. The van der Waals surface area contributed by atoms with E-state index in [9.17, 15) is 4.79 Å². The molecule has 0 saturated heterocycles. The highest BCUT2D eigenvalue weighted by Crippen LogP contribution is 2.33. The summed E-state index contributed by atoms with van der Waals surface area (Å²) in [5, 5.41) is 0. The molecule has 0 heterocycles. The van der Waals surface area contributed by atoms with Gasteiger partial charge in [0.05, 0.1) is 12.6 Å². The van der Waals surface area contributed by atoms with E-state index in [-0.39, 0.29) is 5.91 Å². The van der Waals surface area contributed by atoms with E-state index in [1.165, 1.54) is 12.8 Å². The molecule has 1 aliphatic carbocycles. The van der Waals surface area contributed by atoms with Gasteiger partial charge < -0.3 is 5.73 Å². The molecule has 4 heteroatoms. The molecular formula is C13H18N2O2. The quantitative estimate of drug-likeness (QED) is 0.730. The SMILES string of the molecule is N[C@@H](CC1CC1)C(=O)NOCc1ccccc1. The van der Waals surface area contributed by atoms with Crippen molar-refractivity contribution in [1.29, 1.82) is 0 Å². The maximum atomic E-state index is 11.5. The van der Waals surface area contributed by atoms with Crippen LogP contribution < -0.4 is 11.2 Å². The van der Waals surface area contributed by atoms with Crippen molar-refractivity contribution in [3.8, 4) is 0 Å². The Kier molecular flexibility index (Phi) is 4.12. The van der Waals surface area contributed by atoms with Gasteiger partial charge in [-0.15, -0.1) is 0 Å². The van der Waals surface area contributed by atoms with E-state index in [0.29, 0.717) is 12.5 Å². The van der Waals surface area contributed by atoms with Crippen molar-refractivity contribution < 1.29 is 9.63 Å². The fourth-order valence-electron chi connectivity index (χ4n) is 1.66. The van der Waals surface area contributed by atoms with Gasteiger partial charge in [0.2, 0.25) is 0 Å². The normalized spacial score (nSPS) is 16.5. The van der Waals surface area contributed by atoms with E-state index >= 15 is 0 Å². The van der Waals surface area contributed by atoms with E-state index < -0.39 is 6.04 Å². The van der Waals surface area contributed by atoms with Gasteiger partial charge in [0, 0.05) is 0 Å². The molecule has 1 aromatic carbocycles. The lowest BCUT2D eigenvalue weighted by atomic mass is 10.1. The van der Waals surface area contributed by atoms with Crippen molar-refractivity contribution in [2.75, 3.05) is 0 Å². The molecule has 92 valence electrons. The number of benzene rings is 1. The molecule has 0 radical (unpaired) electrons. The molecule has 1 atom stereocenters. The Bertz CT molecular complexity index is 363. The molecule has 1 aromatic rings. The van der Waals surface area contributed by atoms with Crippen LogP contribution in [0.1, 0.15) is 24.8 Å². The first-order chi connectivity index (χ1) is 8.25. The Morgan fingerprint density at radius 2 is 2.12 bits per heavy atom. The Balaban J connectivity index is 1.65. The van der Waals surface area contributed by atoms with Gasteiger partial charge >= 0.3 is 0 Å². The Labute approximate surface area is 101 Å². The zero-order valence-electron chi connectivity index (χ0n) is 9.76. The number of nitrogens with two attached hydrogens (primary N) is 1. The number of nitrogens with one attached hydrogen (secondary N) is 1. The predicted molar refractivity (Wildman–Crippen MR) is 64.7 cm³/mol. The number of amides is 1. The second kappa shape index (κ2) is 5.80. The third-order valence-electron chi connectivity index (χ3n) is 2.88. The molecule has 0 bridgehead atoms. The van der Waals surface area contributed by atoms with Crippen molar-refractivity contribution in [2.24, 2.45) is 11.7 Å². The molecule has 1 saturated carbocycles. The minimum Gasteiger partial charge on any atom is -0.320 e. The molecule has 1 fully saturated rings. The summed E-state index contributed by atoms with van der Waals surface area (Å²) in [5.41, 5.74) is 9.16. The van der Waals surface area contributed by atoms with Crippen LogP contribution in [-0.2, 0) is 16.2 Å². The molecule has 1 aliphatic rings. The molecule has 17 heavy (non-hydrogen) atoms. The van der Waals surface area contributed by atoms with Crippen LogP contribution >= 0.6 is 0 Å². The molecule has 0 unspecified atom stereocenters. The summed E-state index contributed by atoms with van der Waals surface area (Å²) in [6.07, 6.45) is 3.16. The molecule has 2 rings (SSSR count). The van der Waals surface area contributed by atoms with Gasteiger partial charge in [-0.1, -0.05) is 43.2 Å². The van der Waals surface area contributed by atoms with E-state index in [1.54, 1.807) is 0 Å². The third kappa shape index (κ3) is 4.17. The zero-order chi connectivity index (χ0) is 12.1. The van der Waals surface area contributed by atoms with Gasteiger partial charge in [-0.3, -0.25) is 9.63 Å². The Morgan fingerprint density at radius 1 is 1.41 bits per heavy atom. The van der Waals surface area contributed by atoms with E-state index in [4.69, 9.17) is 10.6 Å². The zero-order valence-corrected chi connectivity index (χ0v) is 9.76. The number of hydrogen-bond donors (Lipinski definition) is 2. The topological polar surface area (TPSA) is 64.4 Å². The van der Waals surface area contributed by atoms with Gasteiger partial charge in [-0.25, -0.2) is 5.48 Å². The molecule has 1 amide bonds. The number of hydrogen-bond acceptors (Lipinski definition) is 3. The fourth-order valence-corrected chi connectivity index (χ4v) is 1.66. The lowest BCUT2D eigenvalue weighted by molar-refractivity contribution is -0.136. The van der Waals surface area contributed by atoms with Crippen LogP contribution in [0.5, 0.6) is 0 Å². The van der Waals surface area contributed by atoms with Crippen LogP contribution in [0.4, 0.5) is 0 Å². The van der Waals surface area contributed by atoms with Crippen molar-refractivity contribution in [2.45, 2.75) is 31.9 Å². The van der Waals surface area contributed by atoms with Crippen molar-refractivity contribution in [3.05, 3.63) is 35.9 Å². The highest BCUT2D eigenvalue weighted by atomic mass is 16.6. The predicted octanol–water partition coefficient (Wildman–Crippen LogP) is 1.36. The average molecular weight is 234 g/mol. The number of hydroxylamine groups is 1. The van der Waals surface area contributed by atoms with Crippen molar-refractivity contribution >= 4 is 5.91 Å². The van der Waals surface area contributed by atoms with Crippen LogP contribution in [0.3, 0.4) is 0 Å². The molecule has 4 nitrogen and oxygen atoms in total. The fraction of sp³-hybridized carbons (Fsp3) is 0.462. The lowest BCUT2D eigenvalue weighted by Gasteiger charge is -2.11. The molecular weight excluding hydrogens is 216 g/mol. The van der Waals surface area contributed by atoms with Crippen LogP contribution in [0.15, 0.2) is 30.3 Å². The number of carbonyl (C=O) groups excluding carboxylic acids is 1. The average Bonchev–Trinajstić information content (AvgIpc) is 3.14. The van der Waals surface area contributed by atoms with Crippen molar-refractivity contribution in [3.63, 3.8) is 0 Å². The third-order valence-corrected chi connectivity index (χ3v) is 2.88. The lowest BCUT2D eigenvalue weighted by Crippen LogP contribution is -2.40. The summed E-state index contributed by atoms with van der Waals surface area (Å²) in [5.74, 6) is 0.415. The summed E-state index contributed by atoms with van der Waals surface area (Å²) >= 11 is 0. The summed E-state index contributed by atoms with van der Waals surface area (Å²) in [6, 6.07) is 9.23. The standard InChI is InChI=1S/C13H18N2O2/c14-12(8-10-6-7-10)13(16)15-17-9-11-4-2-1-3-5-11/h1-5,10,12H,6-9,14H2,(H,15,16)/t12-/m0/s1. The molecule has 0 aliphatic heterocycles. The van der Waals surface area contributed by atoms with E-state index in [0.717, 1.165) is 12.0 Å². The molecule has 0 aromatic heterocycles. The second-order valence-electron chi connectivity index (χ2n) is 4.53. The van der Waals surface area contributed by atoms with Gasteiger partial charge in [-0.05, 0) is 17.9 Å². The summed E-state index contributed by atoms with van der Waals surface area (Å²) in [4.78, 5) is 16.7. The number of carbonyl (C=O) groups is 1. The highest BCUT2D eigenvalue weighted by molar-refractivity contribution is 5.80. The van der Waals surface area contributed by atoms with Crippen LogP contribution in [0, 0.1) is 5.92 Å². The maximum absolute atomic E-state index is 11.5. The smallest absolute Gasteiger partial charge is 0.260 e. The van der Waals surface area contributed by atoms with Gasteiger partial charge in [-0.2, -0.15) is 0 Å². The Morgan fingerprint density at radius 3 is 2.76 bits per heavy atom. The summed E-state index contributed by atoms with van der Waals surface area (Å²) in [7, 11) is 0. The van der Waals surface area contributed by atoms with Gasteiger partial charge in [0.15, 0.2) is 0 Å². The highest BCUT2D eigenvalue weighted by Gasteiger charge is 2.26. The van der Waals surface area contributed by atoms with Crippen LogP contribution in [0.25, 0.3) is 0 Å². The monoisotopic (exact) mass is 234 g/mol. The summed E-state index contributed by atoms with van der Waals surface area (Å²) in [6.45, 7) is 0.364. The van der Waals surface area contributed by atoms with Crippen molar-refractivity contribution in [1.82, 2.24) is 5.48 Å². The van der Waals surface area contributed by atoms with E-state index in [2.05, 4.69) is 5.48 Å². The minimum atomic E-state index is -0.446. The maximum Gasteiger partial charge on any atom is 0.260 e.